The van der Waals surface area contributed by atoms with Gasteiger partial charge >= 0.3 is 0 Å². The van der Waals surface area contributed by atoms with Crippen LogP contribution in [-0.4, -0.2) is 52.0 Å². The van der Waals surface area contributed by atoms with Crippen molar-refractivity contribution in [3.63, 3.8) is 0 Å². The van der Waals surface area contributed by atoms with E-state index in [9.17, 15) is 9.90 Å². The Morgan fingerprint density at radius 1 is 1.21 bits per heavy atom. The molecule has 6 nitrogen and oxygen atoms in total. The molecule has 1 aromatic carbocycles. The summed E-state index contributed by atoms with van der Waals surface area (Å²) >= 11 is 0. The number of allylic oxidation sites excluding steroid dienone is 2. The lowest BCUT2D eigenvalue weighted by Gasteiger charge is -2.37. The second-order valence-electron chi connectivity index (χ2n) is 6.16. The largest absolute Gasteiger partial charge is 0.507 e. The van der Waals surface area contributed by atoms with Crippen LogP contribution in [0.5, 0.6) is 5.75 Å². The molecule has 1 aliphatic heterocycles. The van der Waals surface area contributed by atoms with Crippen LogP contribution >= 0.6 is 0 Å². The quantitative estimate of drug-likeness (QED) is 0.937. The van der Waals surface area contributed by atoms with Crippen molar-refractivity contribution in [2.75, 3.05) is 26.2 Å². The summed E-state index contributed by atoms with van der Waals surface area (Å²) < 4.78 is 5.23. The van der Waals surface area contributed by atoms with Crippen molar-refractivity contribution < 1.29 is 14.3 Å². The van der Waals surface area contributed by atoms with Crippen LogP contribution in [0.1, 0.15) is 37.6 Å². The minimum Gasteiger partial charge on any atom is -0.507 e. The minimum absolute atomic E-state index is 0.0540. The number of carbonyl (C=O) groups is 1. The van der Waals surface area contributed by atoms with Crippen LogP contribution in [0.3, 0.4) is 0 Å². The van der Waals surface area contributed by atoms with Gasteiger partial charge in [-0.05, 0) is 32.4 Å². The fourth-order valence-electron chi connectivity index (χ4n) is 3.06. The number of rotatable bonds is 3. The Balaban J connectivity index is 1.78. The van der Waals surface area contributed by atoms with Gasteiger partial charge < -0.3 is 19.3 Å². The maximum atomic E-state index is 12.9. The second-order valence-corrected chi connectivity index (χ2v) is 6.16. The van der Waals surface area contributed by atoms with E-state index in [1.807, 2.05) is 0 Å². The molecule has 0 bridgehead atoms. The van der Waals surface area contributed by atoms with E-state index in [4.69, 9.17) is 4.42 Å². The number of amides is 1. The Bertz CT molecular complexity index is 786. The Labute approximate surface area is 141 Å². The number of hydrogen-bond donors (Lipinski definition) is 1. The topological polar surface area (TPSA) is 69.8 Å². The van der Waals surface area contributed by atoms with E-state index < -0.39 is 0 Å². The minimum atomic E-state index is -0.194. The molecular formula is C18H23N3O3. The predicted octanol–water partition coefficient (Wildman–Crippen LogP) is 3.00. The van der Waals surface area contributed by atoms with E-state index >= 15 is 0 Å². The number of piperazine rings is 1. The number of carbonyl (C=O) groups excluding carboxylic acids is 1. The van der Waals surface area contributed by atoms with Gasteiger partial charge in [0, 0.05) is 31.9 Å². The molecule has 1 saturated heterocycles. The van der Waals surface area contributed by atoms with Crippen LogP contribution in [0, 0.1) is 0 Å². The van der Waals surface area contributed by atoms with Crippen molar-refractivity contribution in [3.05, 3.63) is 35.4 Å². The first-order chi connectivity index (χ1) is 11.5. The highest BCUT2D eigenvalue weighted by atomic mass is 16.3. The third kappa shape index (κ3) is 2.84. The summed E-state index contributed by atoms with van der Waals surface area (Å²) in [6.45, 7) is 9.28. The van der Waals surface area contributed by atoms with Crippen LogP contribution in [-0.2, 0) is 0 Å². The average Bonchev–Trinajstić information content (AvgIpc) is 3.08. The van der Waals surface area contributed by atoms with Gasteiger partial charge in [-0.15, -0.1) is 0 Å². The van der Waals surface area contributed by atoms with E-state index in [-0.39, 0.29) is 17.2 Å². The van der Waals surface area contributed by atoms with E-state index in [0.717, 1.165) is 19.5 Å². The molecule has 0 unspecified atom stereocenters. The van der Waals surface area contributed by atoms with Crippen molar-refractivity contribution >= 4 is 17.0 Å². The summed E-state index contributed by atoms with van der Waals surface area (Å²) in [6.07, 6.45) is 2.33. The summed E-state index contributed by atoms with van der Waals surface area (Å²) in [5, 5.41) is 10.1. The molecule has 0 aliphatic carbocycles. The summed E-state index contributed by atoms with van der Waals surface area (Å²) in [5.41, 5.74) is 3.82. The molecule has 2 heterocycles. The summed E-state index contributed by atoms with van der Waals surface area (Å²) in [7, 11) is 0. The predicted molar refractivity (Wildman–Crippen MR) is 91.8 cm³/mol. The molecule has 0 radical (unpaired) electrons. The lowest BCUT2D eigenvalue weighted by molar-refractivity contribution is 0.0667. The van der Waals surface area contributed by atoms with Crippen LogP contribution in [0.15, 0.2) is 34.2 Å². The second kappa shape index (κ2) is 6.55. The molecule has 1 fully saturated rings. The fourth-order valence-corrected chi connectivity index (χ4v) is 3.06. The Kier molecular flexibility index (Phi) is 4.46. The van der Waals surface area contributed by atoms with E-state index in [1.165, 1.54) is 23.7 Å². The normalized spacial score (nSPS) is 16.5. The van der Waals surface area contributed by atoms with Crippen LogP contribution in [0.4, 0.5) is 0 Å². The molecule has 24 heavy (non-hydrogen) atoms. The first-order valence-corrected chi connectivity index (χ1v) is 8.28. The maximum absolute atomic E-state index is 12.9. The summed E-state index contributed by atoms with van der Waals surface area (Å²) in [6, 6.07) is 3.10. The number of aromatic nitrogens is 1. The van der Waals surface area contributed by atoms with Gasteiger partial charge in [-0.2, -0.15) is 0 Å². The number of hydrogen-bond acceptors (Lipinski definition) is 5. The molecular weight excluding hydrogens is 306 g/mol. The van der Waals surface area contributed by atoms with E-state index in [0.29, 0.717) is 24.2 Å². The van der Waals surface area contributed by atoms with Crippen LogP contribution < -0.4 is 0 Å². The first-order valence-electron chi connectivity index (χ1n) is 8.28. The Morgan fingerprint density at radius 2 is 1.88 bits per heavy atom. The molecule has 0 saturated carbocycles. The van der Waals surface area contributed by atoms with Gasteiger partial charge in [0.1, 0.15) is 16.8 Å². The Hall–Kier alpha value is -2.50. The van der Waals surface area contributed by atoms with Crippen molar-refractivity contribution in [3.8, 4) is 5.75 Å². The third-order valence-corrected chi connectivity index (χ3v) is 4.88. The van der Waals surface area contributed by atoms with Gasteiger partial charge in [0.05, 0.1) is 0 Å². The monoisotopic (exact) mass is 329 g/mol. The fraction of sp³-hybridized carbons (Fsp3) is 0.444. The van der Waals surface area contributed by atoms with Crippen molar-refractivity contribution in [1.29, 1.82) is 0 Å². The molecule has 6 heteroatoms. The SMILES string of the molecule is CC/C(C)=C(/C)N1CCN(C(=O)c2c(O)ccc3ocnc23)CC1. The summed E-state index contributed by atoms with van der Waals surface area (Å²) in [5.74, 6) is -0.248. The zero-order valence-corrected chi connectivity index (χ0v) is 14.4. The molecule has 1 aromatic heterocycles. The molecule has 1 amide bonds. The number of fused-ring (bicyclic) bond motifs is 1. The average molecular weight is 329 g/mol. The smallest absolute Gasteiger partial charge is 0.260 e. The number of aromatic hydroxyl groups is 1. The number of oxazole rings is 1. The molecule has 3 rings (SSSR count). The van der Waals surface area contributed by atoms with Gasteiger partial charge in [-0.1, -0.05) is 12.5 Å². The molecule has 1 aliphatic rings. The highest BCUT2D eigenvalue weighted by Crippen LogP contribution is 2.28. The number of phenolic OH excluding ortho intramolecular Hbond substituents is 1. The number of nitrogens with zero attached hydrogens (tertiary/aromatic N) is 3. The van der Waals surface area contributed by atoms with Crippen LogP contribution in [0.25, 0.3) is 11.1 Å². The van der Waals surface area contributed by atoms with Crippen molar-refractivity contribution in [2.24, 2.45) is 0 Å². The van der Waals surface area contributed by atoms with Crippen molar-refractivity contribution in [2.45, 2.75) is 27.2 Å². The summed E-state index contributed by atoms with van der Waals surface area (Å²) in [4.78, 5) is 21.0. The maximum Gasteiger partial charge on any atom is 0.260 e. The zero-order valence-electron chi connectivity index (χ0n) is 14.4. The molecule has 0 spiro atoms. The van der Waals surface area contributed by atoms with E-state index in [2.05, 4.69) is 30.7 Å². The van der Waals surface area contributed by atoms with Crippen molar-refractivity contribution in [1.82, 2.24) is 14.8 Å². The standard InChI is InChI=1S/C18H23N3O3/c1-4-12(2)13(3)20-7-9-21(10-8-20)18(23)16-14(22)5-6-15-17(16)19-11-24-15/h5-6,11,22H,4,7-10H2,1-3H3/b13-12-. The molecule has 0 atom stereocenters. The highest BCUT2D eigenvalue weighted by Gasteiger charge is 2.27. The number of benzene rings is 1. The lowest BCUT2D eigenvalue weighted by Crippen LogP contribution is -2.48. The molecule has 2 aromatic rings. The van der Waals surface area contributed by atoms with Crippen LogP contribution in [0.2, 0.25) is 0 Å². The number of phenols is 1. The third-order valence-electron chi connectivity index (χ3n) is 4.88. The van der Waals surface area contributed by atoms with E-state index in [1.54, 1.807) is 11.0 Å². The van der Waals surface area contributed by atoms with Gasteiger partial charge in [-0.3, -0.25) is 4.79 Å². The van der Waals surface area contributed by atoms with Gasteiger partial charge in [0.15, 0.2) is 12.0 Å². The van der Waals surface area contributed by atoms with Gasteiger partial charge in [0.25, 0.3) is 5.91 Å². The zero-order chi connectivity index (χ0) is 17.3. The Morgan fingerprint density at radius 3 is 2.54 bits per heavy atom. The first kappa shape index (κ1) is 16.4. The molecule has 1 N–H and O–H groups in total. The molecule has 128 valence electrons. The van der Waals surface area contributed by atoms with Gasteiger partial charge in [-0.25, -0.2) is 4.98 Å². The lowest BCUT2D eigenvalue weighted by atomic mass is 10.1. The van der Waals surface area contributed by atoms with Gasteiger partial charge in [0.2, 0.25) is 0 Å². The highest BCUT2D eigenvalue weighted by molar-refractivity contribution is 6.06.